The molecular weight excluding hydrogens is 242 g/mol. The van der Waals surface area contributed by atoms with Crippen molar-refractivity contribution in [2.75, 3.05) is 19.7 Å². The van der Waals surface area contributed by atoms with E-state index < -0.39 is 0 Å². The zero-order valence-corrected chi connectivity index (χ0v) is 11.3. The van der Waals surface area contributed by atoms with Crippen molar-refractivity contribution >= 4 is 11.9 Å². The number of rotatable bonds is 3. The van der Waals surface area contributed by atoms with Crippen LogP contribution in [0.5, 0.6) is 0 Å². The lowest BCUT2D eigenvalue weighted by molar-refractivity contribution is -0.148. The third kappa shape index (κ3) is 2.95. The number of ether oxygens (including phenoxy) is 1. The zero-order valence-electron chi connectivity index (χ0n) is 11.3. The van der Waals surface area contributed by atoms with Crippen molar-refractivity contribution in [1.29, 1.82) is 0 Å². The molecule has 1 aliphatic rings. The average Bonchev–Trinajstić information content (AvgIpc) is 2.85. The highest BCUT2D eigenvalue weighted by atomic mass is 16.5. The number of hydrogen-bond donors (Lipinski definition) is 0. The summed E-state index contributed by atoms with van der Waals surface area (Å²) in [6, 6.07) is 9.85. The monoisotopic (exact) mass is 261 g/mol. The molecule has 2 unspecified atom stereocenters. The standard InChI is InChI=1S/C15H19NO3/c1-3-19-15(18)14-10-16(11(2)17)9-13(14)12-7-5-4-6-8-12/h4-8,13-14H,3,9-10H2,1-2H3. The van der Waals surface area contributed by atoms with Crippen LogP contribution >= 0.6 is 0 Å². The van der Waals surface area contributed by atoms with Gasteiger partial charge in [0.2, 0.25) is 5.91 Å². The van der Waals surface area contributed by atoms with Crippen molar-refractivity contribution in [3.63, 3.8) is 0 Å². The van der Waals surface area contributed by atoms with Crippen LogP contribution in [0.1, 0.15) is 25.3 Å². The number of carbonyl (C=O) groups is 2. The normalized spacial score (nSPS) is 22.3. The van der Waals surface area contributed by atoms with Gasteiger partial charge in [-0.25, -0.2) is 0 Å². The molecule has 1 aromatic rings. The van der Waals surface area contributed by atoms with E-state index in [1.807, 2.05) is 30.3 Å². The van der Waals surface area contributed by atoms with Crippen LogP contribution in [0.3, 0.4) is 0 Å². The number of benzene rings is 1. The van der Waals surface area contributed by atoms with Gasteiger partial charge in [-0.05, 0) is 12.5 Å². The Kier molecular flexibility index (Phi) is 4.20. The molecule has 1 heterocycles. The van der Waals surface area contributed by atoms with Crippen molar-refractivity contribution in [2.24, 2.45) is 5.92 Å². The second-order valence-corrected chi connectivity index (χ2v) is 4.80. The van der Waals surface area contributed by atoms with Gasteiger partial charge < -0.3 is 9.64 Å². The first kappa shape index (κ1) is 13.6. The molecular formula is C15H19NO3. The van der Waals surface area contributed by atoms with Crippen molar-refractivity contribution in [2.45, 2.75) is 19.8 Å². The van der Waals surface area contributed by atoms with Crippen LogP contribution in [0, 0.1) is 5.92 Å². The Bertz CT molecular complexity index is 458. The maximum atomic E-state index is 12.0. The van der Waals surface area contributed by atoms with Gasteiger partial charge in [0.15, 0.2) is 0 Å². The summed E-state index contributed by atoms with van der Waals surface area (Å²) in [6.07, 6.45) is 0. The van der Waals surface area contributed by atoms with Gasteiger partial charge in [-0.15, -0.1) is 0 Å². The zero-order chi connectivity index (χ0) is 13.8. The highest BCUT2D eigenvalue weighted by molar-refractivity contribution is 5.79. The summed E-state index contributed by atoms with van der Waals surface area (Å²) in [7, 11) is 0. The summed E-state index contributed by atoms with van der Waals surface area (Å²) in [5.41, 5.74) is 1.09. The Morgan fingerprint density at radius 2 is 1.95 bits per heavy atom. The summed E-state index contributed by atoms with van der Waals surface area (Å²) in [6.45, 7) is 4.75. The fraction of sp³-hybridized carbons (Fsp3) is 0.467. The molecule has 0 radical (unpaired) electrons. The molecule has 102 valence electrons. The minimum absolute atomic E-state index is 0.00716. The SMILES string of the molecule is CCOC(=O)C1CN(C(C)=O)CC1c1ccccc1. The molecule has 1 fully saturated rings. The van der Waals surface area contributed by atoms with Gasteiger partial charge in [0, 0.05) is 25.9 Å². The van der Waals surface area contributed by atoms with Crippen LogP contribution in [-0.2, 0) is 14.3 Å². The first-order valence-electron chi connectivity index (χ1n) is 6.60. The molecule has 0 N–H and O–H groups in total. The van der Waals surface area contributed by atoms with E-state index in [9.17, 15) is 9.59 Å². The number of esters is 1. The lowest BCUT2D eigenvalue weighted by Crippen LogP contribution is -2.28. The van der Waals surface area contributed by atoms with Gasteiger partial charge in [-0.3, -0.25) is 9.59 Å². The third-order valence-electron chi connectivity index (χ3n) is 3.58. The number of hydrogen-bond acceptors (Lipinski definition) is 3. The molecule has 0 bridgehead atoms. The fourth-order valence-electron chi connectivity index (χ4n) is 2.59. The van der Waals surface area contributed by atoms with E-state index >= 15 is 0 Å². The van der Waals surface area contributed by atoms with Gasteiger partial charge in [-0.2, -0.15) is 0 Å². The van der Waals surface area contributed by atoms with E-state index in [-0.39, 0.29) is 23.7 Å². The molecule has 1 aliphatic heterocycles. The predicted molar refractivity (Wildman–Crippen MR) is 71.6 cm³/mol. The summed E-state index contributed by atoms with van der Waals surface area (Å²) in [5, 5.41) is 0. The molecule has 1 aromatic carbocycles. The topological polar surface area (TPSA) is 46.6 Å². The smallest absolute Gasteiger partial charge is 0.311 e. The number of likely N-dealkylation sites (tertiary alicyclic amines) is 1. The number of amides is 1. The molecule has 4 nitrogen and oxygen atoms in total. The van der Waals surface area contributed by atoms with Crippen LogP contribution in [0.25, 0.3) is 0 Å². The lowest BCUT2D eigenvalue weighted by Gasteiger charge is -2.16. The van der Waals surface area contributed by atoms with E-state index in [0.717, 1.165) is 5.56 Å². The van der Waals surface area contributed by atoms with E-state index in [4.69, 9.17) is 4.74 Å². The Hall–Kier alpha value is -1.84. The quantitative estimate of drug-likeness (QED) is 0.780. The van der Waals surface area contributed by atoms with Gasteiger partial charge in [0.25, 0.3) is 0 Å². The van der Waals surface area contributed by atoms with Gasteiger partial charge in [-0.1, -0.05) is 30.3 Å². The van der Waals surface area contributed by atoms with Gasteiger partial charge in [0.05, 0.1) is 12.5 Å². The van der Waals surface area contributed by atoms with Crippen LogP contribution < -0.4 is 0 Å². The second kappa shape index (κ2) is 5.87. The van der Waals surface area contributed by atoms with Crippen molar-refractivity contribution in [1.82, 2.24) is 4.90 Å². The maximum Gasteiger partial charge on any atom is 0.311 e. The summed E-state index contributed by atoms with van der Waals surface area (Å²) in [4.78, 5) is 25.3. The number of nitrogens with zero attached hydrogens (tertiary/aromatic N) is 1. The van der Waals surface area contributed by atoms with E-state index in [1.54, 1.807) is 11.8 Å². The molecule has 2 rings (SSSR count). The molecule has 1 saturated heterocycles. The third-order valence-corrected chi connectivity index (χ3v) is 3.58. The lowest BCUT2D eigenvalue weighted by atomic mass is 9.89. The van der Waals surface area contributed by atoms with Crippen LogP contribution in [0.4, 0.5) is 0 Å². The van der Waals surface area contributed by atoms with E-state index in [1.165, 1.54) is 6.92 Å². The fourth-order valence-corrected chi connectivity index (χ4v) is 2.59. The summed E-state index contributed by atoms with van der Waals surface area (Å²) >= 11 is 0. The summed E-state index contributed by atoms with van der Waals surface area (Å²) in [5.74, 6) is -0.428. The molecule has 0 aromatic heterocycles. The van der Waals surface area contributed by atoms with E-state index in [0.29, 0.717) is 19.7 Å². The second-order valence-electron chi connectivity index (χ2n) is 4.80. The Labute approximate surface area is 113 Å². The van der Waals surface area contributed by atoms with Gasteiger partial charge in [0.1, 0.15) is 0 Å². The molecule has 1 amide bonds. The molecule has 0 spiro atoms. The van der Waals surface area contributed by atoms with Crippen LogP contribution in [0.2, 0.25) is 0 Å². The van der Waals surface area contributed by atoms with Crippen molar-refractivity contribution in [3.05, 3.63) is 35.9 Å². The Balaban J connectivity index is 2.22. The molecule has 4 heteroatoms. The minimum atomic E-state index is -0.258. The van der Waals surface area contributed by atoms with E-state index in [2.05, 4.69) is 0 Å². The maximum absolute atomic E-state index is 12.0. The summed E-state index contributed by atoms with van der Waals surface area (Å²) < 4.78 is 5.13. The number of carbonyl (C=O) groups excluding carboxylic acids is 2. The largest absolute Gasteiger partial charge is 0.466 e. The highest BCUT2D eigenvalue weighted by Crippen LogP contribution is 2.33. The predicted octanol–water partition coefficient (Wildman–Crippen LogP) is 1.81. The molecule has 0 saturated carbocycles. The molecule has 19 heavy (non-hydrogen) atoms. The van der Waals surface area contributed by atoms with Crippen LogP contribution in [-0.4, -0.2) is 36.5 Å². The minimum Gasteiger partial charge on any atom is -0.466 e. The van der Waals surface area contributed by atoms with Crippen LogP contribution in [0.15, 0.2) is 30.3 Å². The molecule has 2 atom stereocenters. The Morgan fingerprint density at radius 3 is 2.53 bits per heavy atom. The van der Waals surface area contributed by atoms with Crippen molar-refractivity contribution in [3.8, 4) is 0 Å². The first-order chi connectivity index (χ1) is 9.13. The Morgan fingerprint density at radius 1 is 1.26 bits per heavy atom. The molecule has 0 aliphatic carbocycles. The highest BCUT2D eigenvalue weighted by Gasteiger charge is 2.40. The van der Waals surface area contributed by atoms with Crippen molar-refractivity contribution < 1.29 is 14.3 Å². The first-order valence-corrected chi connectivity index (χ1v) is 6.60. The van der Waals surface area contributed by atoms with Gasteiger partial charge >= 0.3 is 5.97 Å². The average molecular weight is 261 g/mol.